The molecule has 16 heteroatoms. The van der Waals surface area contributed by atoms with Gasteiger partial charge in [0, 0.05) is 45.2 Å². The van der Waals surface area contributed by atoms with E-state index in [1.807, 2.05) is 6.07 Å². The Morgan fingerprint density at radius 3 is 2.58 bits per heavy atom. The van der Waals surface area contributed by atoms with Crippen LogP contribution in [0.1, 0.15) is 16.9 Å². The number of nitrogens with one attached hydrogen (secondary N) is 1. The molecule has 1 N–H and O–H groups in total. The summed E-state index contributed by atoms with van der Waals surface area (Å²) < 4.78 is 1.98. The predicted octanol–water partition coefficient (Wildman–Crippen LogP) is 1.61. The molecule has 0 radical (unpaired) electrons. The Bertz CT molecular complexity index is 1250. The minimum Gasteiger partial charge on any atom is -0.357 e. The number of carbonyl (C=O) groups excluding carboxylic acids is 3. The number of hydrogen-bond acceptors (Lipinski definition) is 10. The van der Waals surface area contributed by atoms with Gasteiger partial charge in [0.15, 0.2) is 11.6 Å². The monoisotopic (exact) mass is 472 g/mol. The topological polar surface area (TPSA) is 185 Å². The second-order valence-corrected chi connectivity index (χ2v) is 7.28. The summed E-state index contributed by atoms with van der Waals surface area (Å²) in [5.41, 5.74) is -0.153. The molecule has 0 aliphatic rings. The maximum atomic E-state index is 12.7. The predicted molar refractivity (Wildman–Crippen MR) is 114 cm³/mol. The number of anilines is 2. The quantitative estimate of drug-likeness (QED) is 0.411. The highest BCUT2D eigenvalue weighted by Gasteiger charge is 2.22. The van der Waals surface area contributed by atoms with Gasteiger partial charge in [-0.15, -0.1) is 10.2 Å². The first kappa shape index (κ1) is 23.0. The highest BCUT2D eigenvalue weighted by atomic mass is 32.1. The highest BCUT2D eigenvalue weighted by molar-refractivity contribution is 7.13. The van der Waals surface area contributed by atoms with Gasteiger partial charge in [0.1, 0.15) is 0 Å². The number of rotatable bonds is 6. The third-order valence-electron chi connectivity index (χ3n) is 4.19. The fourth-order valence-electron chi connectivity index (χ4n) is 2.47. The van der Waals surface area contributed by atoms with Crippen LogP contribution in [-0.2, 0) is 0 Å². The normalized spacial score (nSPS) is 10.3. The lowest BCUT2D eigenvalue weighted by Crippen LogP contribution is -2.34. The molecular formula is C17H16N10O5S. The zero-order chi connectivity index (χ0) is 24.1. The van der Waals surface area contributed by atoms with Crippen LogP contribution in [0.2, 0.25) is 0 Å². The summed E-state index contributed by atoms with van der Waals surface area (Å²) in [4.78, 5) is 53.2. The number of amides is 3. The number of hydrogen-bond donors (Lipinski definition) is 1. The van der Waals surface area contributed by atoms with Crippen LogP contribution in [0.25, 0.3) is 0 Å². The number of nitro groups is 1. The van der Waals surface area contributed by atoms with Crippen LogP contribution in [0.15, 0.2) is 29.9 Å². The van der Waals surface area contributed by atoms with Gasteiger partial charge in [0.2, 0.25) is 0 Å². The third-order valence-corrected chi connectivity index (χ3v) is 4.99. The number of nitrogens with zero attached hydrogens (tertiary/aromatic N) is 9. The molecule has 15 nitrogen and oxygen atoms in total. The van der Waals surface area contributed by atoms with Gasteiger partial charge in [0.05, 0.1) is 17.9 Å². The lowest BCUT2D eigenvalue weighted by Gasteiger charge is -2.15. The fraction of sp³-hybridized carbons (Fsp3) is 0.235. The molecule has 3 amide bonds. The molecule has 0 spiro atoms. The molecule has 0 saturated heterocycles. The van der Waals surface area contributed by atoms with Crippen molar-refractivity contribution in [3.8, 4) is 6.07 Å². The van der Waals surface area contributed by atoms with E-state index < -0.39 is 28.0 Å². The van der Waals surface area contributed by atoms with E-state index in [2.05, 4.69) is 20.5 Å². The second-order valence-electron chi connectivity index (χ2n) is 6.44. The van der Waals surface area contributed by atoms with Gasteiger partial charge in [-0.1, -0.05) is 0 Å². The van der Waals surface area contributed by atoms with Gasteiger partial charge in [-0.05, 0) is 21.2 Å². The van der Waals surface area contributed by atoms with Gasteiger partial charge in [-0.2, -0.15) is 14.6 Å². The number of aromatic nitrogens is 5. The van der Waals surface area contributed by atoms with Crippen molar-refractivity contribution < 1.29 is 19.3 Å². The molecule has 0 saturated carbocycles. The summed E-state index contributed by atoms with van der Waals surface area (Å²) >= 11 is 0.710. The molecule has 0 unspecified atom stereocenters. The minimum atomic E-state index is -0.719. The third kappa shape index (κ3) is 5.16. The highest BCUT2D eigenvalue weighted by Crippen LogP contribution is 2.18. The molecule has 0 fully saturated rings. The van der Waals surface area contributed by atoms with Crippen LogP contribution >= 0.6 is 11.3 Å². The van der Waals surface area contributed by atoms with Gasteiger partial charge in [-0.25, -0.2) is 9.59 Å². The average Bonchev–Trinajstić information content (AvgIpc) is 3.56. The van der Waals surface area contributed by atoms with Crippen molar-refractivity contribution >= 4 is 46.1 Å². The van der Waals surface area contributed by atoms with E-state index in [0.717, 1.165) is 14.3 Å². The molecular weight excluding hydrogens is 456 g/mol. The van der Waals surface area contributed by atoms with E-state index in [9.17, 15) is 24.5 Å². The molecule has 0 atom stereocenters. The van der Waals surface area contributed by atoms with Crippen LogP contribution in [0, 0.1) is 21.4 Å². The summed E-state index contributed by atoms with van der Waals surface area (Å²) in [5, 5.41) is 30.6. The lowest BCUT2D eigenvalue weighted by molar-refractivity contribution is -0.384. The Morgan fingerprint density at radius 1 is 1.21 bits per heavy atom. The van der Waals surface area contributed by atoms with Crippen molar-refractivity contribution in [3.05, 3.63) is 45.7 Å². The maximum absolute atomic E-state index is 12.7. The number of nitriles is 1. The summed E-state index contributed by atoms with van der Waals surface area (Å²) in [7, 11) is 2.95. The summed E-state index contributed by atoms with van der Waals surface area (Å²) in [5.74, 6) is -0.529. The Balaban J connectivity index is 1.65. The van der Waals surface area contributed by atoms with Crippen LogP contribution in [-0.4, -0.2) is 73.0 Å². The van der Waals surface area contributed by atoms with E-state index in [1.165, 1.54) is 48.9 Å². The molecule has 170 valence electrons. The Morgan fingerprint density at radius 2 is 1.91 bits per heavy atom. The van der Waals surface area contributed by atoms with Gasteiger partial charge < -0.3 is 20.3 Å². The summed E-state index contributed by atoms with van der Waals surface area (Å²) in [6.07, 6.45) is 2.86. The van der Waals surface area contributed by atoms with E-state index in [-0.39, 0.29) is 30.3 Å². The molecule has 3 rings (SSSR count). The summed E-state index contributed by atoms with van der Waals surface area (Å²) in [6.45, 7) is 0.231. The Hall–Kier alpha value is -4.65. The van der Waals surface area contributed by atoms with Gasteiger partial charge in [-0.3, -0.25) is 9.69 Å². The second kappa shape index (κ2) is 9.65. The first-order chi connectivity index (χ1) is 15.7. The standard InChI is InChI=1S/C17H16N10O5S/c1-23(7-3-6-18)16(29)25-9-5-13(22-25)24(2)17(30)26-8-4-12(21-26)20-14(28)11-10-33-15(19-11)27(31)32/h4-5,8-10H,3,7H2,1-2H3,(H,20,21,28). The molecule has 3 aromatic heterocycles. The van der Waals surface area contributed by atoms with Crippen LogP contribution in [0.3, 0.4) is 0 Å². The molecule has 0 aliphatic heterocycles. The van der Waals surface area contributed by atoms with E-state index in [4.69, 9.17) is 5.26 Å². The first-order valence-corrected chi connectivity index (χ1v) is 10.0. The smallest absolute Gasteiger partial charge is 0.357 e. The number of thiazole rings is 1. The van der Waals surface area contributed by atoms with E-state index in [0.29, 0.717) is 11.3 Å². The van der Waals surface area contributed by atoms with E-state index in [1.54, 1.807) is 0 Å². The molecule has 33 heavy (non-hydrogen) atoms. The van der Waals surface area contributed by atoms with Crippen molar-refractivity contribution in [1.29, 1.82) is 5.26 Å². The van der Waals surface area contributed by atoms with Crippen LogP contribution in [0.5, 0.6) is 0 Å². The van der Waals surface area contributed by atoms with Crippen molar-refractivity contribution in [3.63, 3.8) is 0 Å². The lowest BCUT2D eigenvalue weighted by atomic mass is 10.4. The molecule has 3 heterocycles. The largest absolute Gasteiger partial charge is 0.424 e. The molecule has 0 aliphatic carbocycles. The zero-order valence-corrected chi connectivity index (χ0v) is 18.1. The van der Waals surface area contributed by atoms with E-state index >= 15 is 0 Å². The average molecular weight is 472 g/mol. The van der Waals surface area contributed by atoms with Crippen molar-refractivity contribution in [2.24, 2.45) is 0 Å². The Labute approximate surface area is 189 Å². The van der Waals surface area contributed by atoms with Gasteiger partial charge in [0.25, 0.3) is 5.69 Å². The minimum absolute atomic E-state index is 0.0252. The fourth-order valence-corrected chi connectivity index (χ4v) is 3.08. The van der Waals surface area contributed by atoms with Crippen LogP contribution < -0.4 is 10.2 Å². The SMILES string of the molecule is CN(CCC#N)C(=O)n1ccc(N(C)C(=O)n2ccc(NC(=O)c3csc([N+](=O)[O-])n3)n2)n1. The molecule has 0 aromatic carbocycles. The zero-order valence-electron chi connectivity index (χ0n) is 17.3. The van der Waals surface area contributed by atoms with Gasteiger partial charge >= 0.3 is 23.1 Å². The first-order valence-electron chi connectivity index (χ1n) is 9.14. The van der Waals surface area contributed by atoms with Crippen molar-refractivity contribution in [2.45, 2.75) is 6.42 Å². The maximum Gasteiger partial charge on any atom is 0.424 e. The summed E-state index contributed by atoms with van der Waals surface area (Å²) in [6, 6.07) is 3.66. The molecule has 3 aromatic rings. The Kier molecular flexibility index (Phi) is 6.74. The number of carbonyl (C=O) groups is 3. The molecule has 0 bridgehead atoms. The van der Waals surface area contributed by atoms with Crippen molar-refractivity contribution in [2.75, 3.05) is 30.9 Å². The van der Waals surface area contributed by atoms with Crippen LogP contribution in [0.4, 0.5) is 26.4 Å². The van der Waals surface area contributed by atoms with Crippen molar-refractivity contribution in [1.82, 2.24) is 29.4 Å².